The molecule has 7 heteroatoms. The van der Waals surface area contributed by atoms with E-state index in [1.54, 1.807) is 17.0 Å². The zero-order valence-corrected chi connectivity index (χ0v) is 22.2. The second kappa shape index (κ2) is 11.5. The number of carbonyl (C=O) groups excluding carboxylic acids is 1. The average Bonchev–Trinajstić information content (AvgIpc) is 3.13. The van der Waals surface area contributed by atoms with Crippen molar-refractivity contribution in [3.05, 3.63) is 74.1 Å². The molecule has 0 N–H and O–H groups in total. The number of unbranched alkanes of at least 4 members (excludes halogenated alkanes) is 2. The number of hydrogen-bond donors (Lipinski definition) is 0. The number of aryl methyl sites for hydroxylation is 1. The lowest BCUT2D eigenvalue weighted by Gasteiger charge is -2.25. The Hall–Kier alpha value is -2.83. The molecule has 2 aromatic carbocycles. The summed E-state index contributed by atoms with van der Waals surface area (Å²) in [7, 11) is 0. The molecule has 1 atom stereocenters. The molecular weight excluding hydrogens is 478 g/mol. The largest absolute Gasteiger partial charge is 0.494 e. The van der Waals surface area contributed by atoms with E-state index in [-0.39, 0.29) is 23.2 Å². The average molecular weight is 512 g/mol. The second-order valence-electron chi connectivity index (χ2n) is 9.57. The number of nitrogens with zero attached hydrogens (tertiary/aromatic N) is 1. The maximum atomic E-state index is 13.7. The van der Waals surface area contributed by atoms with E-state index in [1.165, 1.54) is 0 Å². The third kappa shape index (κ3) is 5.45. The molecule has 1 amide bonds. The van der Waals surface area contributed by atoms with Gasteiger partial charge in [-0.15, -0.1) is 0 Å². The van der Waals surface area contributed by atoms with Crippen LogP contribution in [0.1, 0.15) is 79.7 Å². The van der Waals surface area contributed by atoms with Crippen molar-refractivity contribution < 1.29 is 18.7 Å². The van der Waals surface area contributed by atoms with Gasteiger partial charge in [0, 0.05) is 18.2 Å². The molecule has 0 spiro atoms. The Labute approximate surface area is 217 Å². The summed E-state index contributed by atoms with van der Waals surface area (Å²) in [6, 6.07) is 10.4. The van der Waals surface area contributed by atoms with E-state index in [0.717, 1.165) is 36.1 Å². The summed E-state index contributed by atoms with van der Waals surface area (Å²) >= 11 is 6.32. The van der Waals surface area contributed by atoms with Crippen LogP contribution in [0.15, 0.2) is 45.6 Å². The molecular formula is C29H34ClNO5. The van der Waals surface area contributed by atoms with Crippen molar-refractivity contribution in [1.82, 2.24) is 4.90 Å². The van der Waals surface area contributed by atoms with E-state index in [0.29, 0.717) is 47.7 Å². The Morgan fingerprint density at radius 3 is 2.50 bits per heavy atom. The Kier molecular flexibility index (Phi) is 8.37. The van der Waals surface area contributed by atoms with Crippen LogP contribution in [0.2, 0.25) is 5.02 Å². The van der Waals surface area contributed by atoms with E-state index in [9.17, 15) is 9.59 Å². The monoisotopic (exact) mass is 511 g/mol. The van der Waals surface area contributed by atoms with Gasteiger partial charge in [-0.2, -0.15) is 0 Å². The molecule has 2 heterocycles. The second-order valence-corrected chi connectivity index (χ2v) is 9.98. The zero-order valence-electron chi connectivity index (χ0n) is 21.4. The van der Waals surface area contributed by atoms with Gasteiger partial charge in [0.2, 0.25) is 5.76 Å². The molecule has 1 aliphatic heterocycles. The standard InChI is InChI=1S/C29H34ClNO5/c1-5-6-7-14-35-21-11-9-20(10-12-21)26-25-27(32)22-17-23(30)19(4)16-24(22)36-28(25)29(33)31(26)13-8-15-34-18(2)3/h9-12,16-18,26H,5-8,13-15H2,1-4H3. The predicted octanol–water partition coefficient (Wildman–Crippen LogP) is 6.68. The quantitative estimate of drug-likeness (QED) is 0.268. The molecule has 0 saturated heterocycles. The van der Waals surface area contributed by atoms with Crippen molar-refractivity contribution >= 4 is 28.5 Å². The summed E-state index contributed by atoms with van der Waals surface area (Å²) < 4.78 is 17.6. The molecule has 0 radical (unpaired) electrons. The minimum absolute atomic E-state index is 0.101. The van der Waals surface area contributed by atoms with Gasteiger partial charge in [0.05, 0.1) is 29.7 Å². The van der Waals surface area contributed by atoms with E-state index >= 15 is 0 Å². The van der Waals surface area contributed by atoms with E-state index in [1.807, 2.05) is 45.0 Å². The summed E-state index contributed by atoms with van der Waals surface area (Å²) in [6.07, 6.45) is 4.02. The molecule has 3 aromatic rings. The predicted molar refractivity (Wildman–Crippen MR) is 142 cm³/mol. The lowest BCUT2D eigenvalue weighted by molar-refractivity contribution is 0.0593. The van der Waals surface area contributed by atoms with Crippen LogP contribution in [-0.2, 0) is 4.74 Å². The Bertz CT molecular complexity index is 1280. The lowest BCUT2D eigenvalue weighted by Crippen LogP contribution is -2.31. The van der Waals surface area contributed by atoms with Crippen molar-refractivity contribution in [3.63, 3.8) is 0 Å². The fraction of sp³-hybridized carbons (Fsp3) is 0.448. The third-order valence-electron chi connectivity index (χ3n) is 6.45. The smallest absolute Gasteiger partial charge is 0.290 e. The van der Waals surface area contributed by atoms with Crippen LogP contribution in [0.5, 0.6) is 5.75 Å². The van der Waals surface area contributed by atoms with Gasteiger partial charge in [0.25, 0.3) is 5.91 Å². The first-order valence-corrected chi connectivity index (χ1v) is 13.1. The van der Waals surface area contributed by atoms with Gasteiger partial charge >= 0.3 is 0 Å². The lowest BCUT2D eigenvalue weighted by atomic mass is 9.98. The minimum Gasteiger partial charge on any atom is -0.494 e. The van der Waals surface area contributed by atoms with Gasteiger partial charge in [-0.1, -0.05) is 43.5 Å². The number of rotatable bonds is 11. The van der Waals surface area contributed by atoms with Gasteiger partial charge in [0.15, 0.2) is 5.43 Å². The molecule has 36 heavy (non-hydrogen) atoms. The highest BCUT2D eigenvalue weighted by Gasteiger charge is 2.42. The summed E-state index contributed by atoms with van der Waals surface area (Å²) in [4.78, 5) is 28.9. The molecule has 0 fully saturated rings. The van der Waals surface area contributed by atoms with Gasteiger partial charge < -0.3 is 18.8 Å². The van der Waals surface area contributed by atoms with Gasteiger partial charge in [-0.3, -0.25) is 9.59 Å². The number of carbonyl (C=O) groups is 1. The SMILES string of the molecule is CCCCCOc1ccc(C2c3c(oc4cc(C)c(Cl)cc4c3=O)C(=O)N2CCCOC(C)C)cc1. The summed E-state index contributed by atoms with van der Waals surface area (Å²) in [5.41, 5.74) is 2.11. The Morgan fingerprint density at radius 1 is 1.06 bits per heavy atom. The fourth-order valence-electron chi connectivity index (χ4n) is 4.56. The Balaban J connectivity index is 1.71. The van der Waals surface area contributed by atoms with Crippen molar-refractivity contribution in [1.29, 1.82) is 0 Å². The zero-order chi connectivity index (χ0) is 25.8. The number of ether oxygens (including phenoxy) is 2. The van der Waals surface area contributed by atoms with Gasteiger partial charge in [0.1, 0.15) is 11.3 Å². The van der Waals surface area contributed by atoms with E-state index in [2.05, 4.69) is 6.92 Å². The molecule has 6 nitrogen and oxygen atoms in total. The summed E-state index contributed by atoms with van der Waals surface area (Å²) in [5, 5.41) is 0.867. The van der Waals surface area contributed by atoms with Gasteiger partial charge in [-0.25, -0.2) is 0 Å². The normalized spacial score (nSPS) is 15.2. The number of hydrogen-bond acceptors (Lipinski definition) is 5. The molecule has 192 valence electrons. The minimum atomic E-state index is -0.554. The fourth-order valence-corrected chi connectivity index (χ4v) is 4.72. The van der Waals surface area contributed by atoms with Crippen LogP contribution < -0.4 is 10.2 Å². The van der Waals surface area contributed by atoms with Crippen LogP contribution >= 0.6 is 11.6 Å². The number of benzene rings is 2. The van der Waals surface area contributed by atoms with Crippen LogP contribution in [0, 0.1) is 6.92 Å². The molecule has 1 unspecified atom stereocenters. The highest BCUT2D eigenvalue weighted by Crippen LogP contribution is 2.39. The maximum absolute atomic E-state index is 13.7. The highest BCUT2D eigenvalue weighted by atomic mass is 35.5. The molecule has 1 aliphatic rings. The maximum Gasteiger partial charge on any atom is 0.290 e. The molecule has 0 saturated carbocycles. The molecule has 1 aromatic heterocycles. The number of halogens is 1. The molecule has 0 aliphatic carbocycles. The summed E-state index contributed by atoms with van der Waals surface area (Å²) in [6.45, 7) is 9.57. The van der Waals surface area contributed by atoms with Crippen molar-refractivity contribution in [2.75, 3.05) is 19.8 Å². The van der Waals surface area contributed by atoms with Crippen LogP contribution in [0.4, 0.5) is 0 Å². The van der Waals surface area contributed by atoms with E-state index in [4.69, 9.17) is 25.5 Å². The first-order chi connectivity index (χ1) is 17.3. The van der Waals surface area contributed by atoms with Crippen LogP contribution in [-0.4, -0.2) is 36.7 Å². The molecule has 0 bridgehead atoms. The topological polar surface area (TPSA) is 69.0 Å². The summed E-state index contributed by atoms with van der Waals surface area (Å²) in [5.74, 6) is 0.582. The highest BCUT2D eigenvalue weighted by molar-refractivity contribution is 6.32. The van der Waals surface area contributed by atoms with Crippen molar-refractivity contribution in [2.24, 2.45) is 0 Å². The third-order valence-corrected chi connectivity index (χ3v) is 6.86. The van der Waals surface area contributed by atoms with Crippen LogP contribution in [0.25, 0.3) is 11.0 Å². The van der Waals surface area contributed by atoms with Crippen LogP contribution in [0.3, 0.4) is 0 Å². The van der Waals surface area contributed by atoms with Gasteiger partial charge in [-0.05, 0) is 69.0 Å². The first kappa shape index (κ1) is 26.2. The Morgan fingerprint density at radius 2 is 1.81 bits per heavy atom. The molecule has 4 rings (SSSR count). The number of amides is 1. The van der Waals surface area contributed by atoms with E-state index < -0.39 is 6.04 Å². The number of fused-ring (bicyclic) bond motifs is 2. The first-order valence-electron chi connectivity index (χ1n) is 12.7. The van der Waals surface area contributed by atoms with Crippen molar-refractivity contribution in [2.45, 2.75) is 65.5 Å². The van der Waals surface area contributed by atoms with Crippen molar-refractivity contribution in [3.8, 4) is 5.75 Å².